The third kappa shape index (κ3) is 4.07. The van der Waals surface area contributed by atoms with Crippen molar-refractivity contribution in [3.63, 3.8) is 0 Å². The lowest BCUT2D eigenvalue weighted by atomic mass is 10.2. The van der Waals surface area contributed by atoms with Crippen LogP contribution in [0, 0.1) is 0 Å². The molecule has 17 heavy (non-hydrogen) atoms. The maximum Gasteiger partial charge on any atom is 0.189 e. The number of halogens is 1. The van der Waals surface area contributed by atoms with E-state index < -0.39 is 0 Å². The molecule has 1 aromatic carbocycles. The van der Waals surface area contributed by atoms with Crippen LogP contribution < -0.4 is 14.8 Å². The molecule has 0 unspecified atom stereocenters. The summed E-state index contributed by atoms with van der Waals surface area (Å²) in [6, 6.07) is 3.57. The molecule has 0 aliphatic rings. The molecular weight excluding hydrogens is 242 g/mol. The number of rotatable bonds is 7. The van der Waals surface area contributed by atoms with Crippen LogP contribution in [0.4, 0.5) is 0 Å². The normalized spacial score (nSPS) is 10.4. The molecule has 0 saturated carbocycles. The fourth-order valence-corrected chi connectivity index (χ4v) is 1.67. The zero-order chi connectivity index (χ0) is 12.7. The van der Waals surface area contributed by atoms with Gasteiger partial charge in [0.1, 0.15) is 0 Å². The monoisotopic (exact) mass is 259 g/mol. The fourth-order valence-electron chi connectivity index (χ4n) is 1.44. The van der Waals surface area contributed by atoms with Crippen LogP contribution >= 0.6 is 11.6 Å². The molecule has 1 rings (SSSR count). The molecule has 0 fully saturated rings. The Kier molecular flexibility index (Phi) is 6.11. The summed E-state index contributed by atoms with van der Waals surface area (Å²) < 4.78 is 16.0. The lowest BCUT2D eigenvalue weighted by Gasteiger charge is -2.15. The summed E-state index contributed by atoms with van der Waals surface area (Å²) in [5, 5.41) is 3.68. The first-order valence-corrected chi connectivity index (χ1v) is 5.82. The Morgan fingerprint density at radius 1 is 1.35 bits per heavy atom. The van der Waals surface area contributed by atoms with Crippen LogP contribution in [0.2, 0.25) is 5.02 Å². The van der Waals surface area contributed by atoms with E-state index >= 15 is 0 Å². The Labute approximate surface area is 107 Å². The standard InChI is InChI=1S/C12H18ClNO3/c1-4-16-8-17-12-9(7-14-2)5-10(13)6-11(12)15-3/h5-6,14H,4,7-8H2,1-3H3. The van der Waals surface area contributed by atoms with Crippen molar-refractivity contribution in [3.8, 4) is 11.5 Å². The van der Waals surface area contributed by atoms with E-state index in [1.54, 1.807) is 13.2 Å². The second kappa shape index (κ2) is 7.37. The first-order valence-electron chi connectivity index (χ1n) is 5.44. The maximum atomic E-state index is 6.00. The number of nitrogens with one attached hydrogen (secondary N) is 1. The summed E-state index contributed by atoms with van der Waals surface area (Å²) in [4.78, 5) is 0. The highest BCUT2D eigenvalue weighted by Crippen LogP contribution is 2.34. The molecule has 0 aromatic heterocycles. The molecule has 4 nitrogen and oxygen atoms in total. The molecule has 5 heteroatoms. The van der Waals surface area contributed by atoms with Gasteiger partial charge < -0.3 is 19.5 Å². The predicted octanol–water partition coefficient (Wildman–Crippen LogP) is 2.44. The quantitative estimate of drug-likeness (QED) is 0.603. The second-order valence-corrected chi connectivity index (χ2v) is 3.82. The van der Waals surface area contributed by atoms with E-state index in [0.717, 1.165) is 5.56 Å². The van der Waals surface area contributed by atoms with Crippen molar-refractivity contribution in [2.75, 3.05) is 27.6 Å². The topological polar surface area (TPSA) is 39.7 Å². The highest BCUT2D eigenvalue weighted by molar-refractivity contribution is 6.30. The number of hydrogen-bond donors (Lipinski definition) is 1. The van der Waals surface area contributed by atoms with Gasteiger partial charge in [0.25, 0.3) is 0 Å². The highest BCUT2D eigenvalue weighted by Gasteiger charge is 2.12. The zero-order valence-corrected chi connectivity index (χ0v) is 11.1. The molecular formula is C12H18ClNO3. The summed E-state index contributed by atoms with van der Waals surface area (Å²) >= 11 is 6.00. The van der Waals surface area contributed by atoms with Crippen molar-refractivity contribution < 1.29 is 14.2 Å². The van der Waals surface area contributed by atoms with Crippen LogP contribution in [-0.4, -0.2) is 27.6 Å². The van der Waals surface area contributed by atoms with E-state index in [9.17, 15) is 0 Å². The predicted molar refractivity (Wildman–Crippen MR) is 67.9 cm³/mol. The molecule has 96 valence electrons. The molecule has 1 N–H and O–H groups in total. The zero-order valence-electron chi connectivity index (χ0n) is 10.4. The van der Waals surface area contributed by atoms with Gasteiger partial charge in [-0.05, 0) is 20.0 Å². The van der Waals surface area contributed by atoms with Gasteiger partial charge in [-0.25, -0.2) is 0 Å². The van der Waals surface area contributed by atoms with Crippen LogP contribution in [0.25, 0.3) is 0 Å². The molecule has 0 bridgehead atoms. The number of ether oxygens (including phenoxy) is 3. The van der Waals surface area contributed by atoms with Gasteiger partial charge in [-0.3, -0.25) is 0 Å². The first-order chi connectivity index (χ1) is 8.22. The summed E-state index contributed by atoms with van der Waals surface area (Å²) in [6.45, 7) is 3.37. The SMILES string of the molecule is CCOCOc1c(CNC)cc(Cl)cc1OC. The van der Waals surface area contributed by atoms with E-state index in [0.29, 0.717) is 29.7 Å². The molecule has 0 heterocycles. The third-order valence-electron chi connectivity index (χ3n) is 2.17. The molecule has 0 amide bonds. The van der Waals surface area contributed by atoms with Gasteiger partial charge in [0, 0.05) is 29.8 Å². The molecule has 0 aliphatic heterocycles. The van der Waals surface area contributed by atoms with Gasteiger partial charge in [0.15, 0.2) is 18.3 Å². The van der Waals surface area contributed by atoms with Crippen LogP contribution in [0.3, 0.4) is 0 Å². The van der Waals surface area contributed by atoms with Crippen LogP contribution in [0.5, 0.6) is 11.5 Å². The van der Waals surface area contributed by atoms with Crippen LogP contribution in [0.1, 0.15) is 12.5 Å². The largest absolute Gasteiger partial charge is 0.493 e. The van der Waals surface area contributed by atoms with Crippen LogP contribution in [0.15, 0.2) is 12.1 Å². The first kappa shape index (κ1) is 14.1. The van der Waals surface area contributed by atoms with Gasteiger partial charge in [-0.15, -0.1) is 0 Å². The minimum Gasteiger partial charge on any atom is -0.493 e. The average Bonchev–Trinajstić information content (AvgIpc) is 2.31. The van der Waals surface area contributed by atoms with Gasteiger partial charge >= 0.3 is 0 Å². The Balaban J connectivity index is 2.94. The van der Waals surface area contributed by atoms with Crippen molar-refractivity contribution in [1.82, 2.24) is 5.32 Å². The smallest absolute Gasteiger partial charge is 0.189 e. The van der Waals surface area contributed by atoms with E-state index in [1.165, 1.54) is 0 Å². The molecule has 0 radical (unpaired) electrons. The minimum atomic E-state index is 0.200. The van der Waals surface area contributed by atoms with Crippen molar-refractivity contribution in [1.29, 1.82) is 0 Å². The summed E-state index contributed by atoms with van der Waals surface area (Å²) in [6.07, 6.45) is 0. The van der Waals surface area contributed by atoms with Crippen molar-refractivity contribution in [2.24, 2.45) is 0 Å². The molecule has 0 atom stereocenters. The lowest BCUT2D eigenvalue weighted by Crippen LogP contribution is -2.10. The molecule has 1 aromatic rings. The number of methoxy groups -OCH3 is 1. The molecule has 0 aliphatic carbocycles. The van der Waals surface area contributed by atoms with Gasteiger partial charge in [-0.2, -0.15) is 0 Å². The van der Waals surface area contributed by atoms with E-state index in [2.05, 4.69) is 5.32 Å². The Morgan fingerprint density at radius 2 is 2.12 bits per heavy atom. The van der Waals surface area contributed by atoms with Gasteiger partial charge in [0.05, 0.1) is 7.11 Å². The van der Waals surface area contributed by atoms with Crippen molar-refractivity contribution >= 4 is 11.6 Å². The average molecular weight is 260 g/mol. The third-order valence-corrected chi connectivity index (χ3v) is 2.39. The van der Waals surface area contributed by atoms with Gasteiger partial charge in [-0.1, -0.05) is 11.6 Å². The fraction of sp³-hybridized carbons (Fsp3) is 0.500. The van der Waals surface area contributed by atoms with Crippen LogP contribution in [-0.2, 0) is 11.3 Å². The van der Waals surface area contributed by atoms with Crippen molar-refractivity contribution in [2.45, 2.75) is 13.5 Å². The Hall–Kier alpha value is -0.970. The number of benzene rings is 1. The minimum absolute atomic E-state index is 0.200. The van der Waals surface area contributed by atoms with Gasteiger partial charge in [0.2, 0.25) is 0 Å². The Morgan fingerprint density at radius 3 is 2.71 bits per heavy atom. The Bertz CT molecular complexity index is 358. The van der Waals surface area contributed by atoms with E-state index in [1.807, 2.05) is 20.0 Å². The lowest BCUT2D eigenvalue weighted by molar-refractivity contribution is 0.0203. The van der Waals surface area contributed by atoms with E-state index in [4.69, 9.17) is 25.8 Å². The summed E-state index contributed by atoms with van der Waals surface area (Å²) in [7, 11) is 3.45. The van der Waals surface area contributed by atoms with Crippen molar-refractivity contribution in [3.05, 3.63) is 22.7 Å². The highest BCUT2D eigenvalue weighted by atomic mass is 35.5. The second-order valence-electron chi connectivity index (χ2n) is 3.38. The molecule has 0 saturated heterocycles. The molecule has 0 spiro atoms. The summed E-state index contributed by atoms with van der Waals surface area (Å²) in [5.41, 5.74) is 0.941. The van der Waals surface area contributed by atoms with E-state index in [-0.39, 0.29) is 6.79 Å². The number of hydrogen-bond acceptors (Lipinski definition) is 4. The summed E-state index contributed by atoms with van der Waals surface area (Å²) in [5.74, 6) is 1.28. The maximum absolute atomic E-state index is 6.00.